The summed E-state index contributed by atoms with van der Waals surface area (Å²) >= 11 is 1.67. The summed E-state index contributed by atoms with van der Waals surface area (Å²) < 4.78 is 27.1. The van der Waals surface area contributed by atoms with Crippen LogP contribution in [0.4, 0.5) is 8.78 Å². The van der Waals surface area contributed by atoms with E-state index in [2.05, 4.69) is 17.2 Å². The van der Waals surface area contributed by atoms with Gasteiger partial charge in [-0.05, 0) is 31.9 Å². The highest BCUT2D eigenvalue weighted by Gasteiger charge is 2.12. The van der Waals surface area contributed by atoms with Gasteiger partial charge in [-0.15, -0.1) is 11.3 Å². The van der Waals surface area contributed by atoms with Gasteiger partial charge < -0.3 is 5.32 Å². The number of thiazole rings is 1. The van der Waals surface area contributed by atoms with Crippen molar-refractivity contribution in [3.8, 4) is 0 Å². The molecule has 1 atom stereocenters. The second kappa shape index (κ2) is 6.90. The summed E-state index contributed by atoms with van der Waals surface area (Å²) in [5, 5.41) is 4.38. The van der Waals surface area contributed by atoms with Crippen LogP contribution in [0.3, 0.4) is 0 Å². The third-order valence-corrected chi connectivity index (χ3v) is 4.24. The first kappa shape index (κ1) is 15.1. The van der Waals surface area contributed by atoms with Gasteiger partial charge in [0.1, 0.15) is 11.6 Å². The molecule has 2 aromatic rings. The van der Waals surface area contributed by atoms with Crippen LogP contribution in [0.1, 0.15) is 29.3 Å². The highest BCUT2D eigenvalue weighted by Crippen LogP contribution is 2.16. The Morgan fingerprint density at radius 3 is 2.60 bits per heavy atom. The minimum Gasteiger partial charge on any atom is -0.309 e. The molecule has 108 valence electrons. The van der Waals surface area contributed by atoms with Gasteiger partial charge in [-0.3, -0.25) is 0 Å². The number of hydrogen-bond acceptors (Lipinski definition) is 3. The molecule has 0 aliphatic carbocycles. The quantitative estimate of drug-likeness (QED) is 0.879. The maximum atomic E-state index is 13.5. The van der Waals surface area contributed by atoms with Crippen molar-refractivity contribution in [2.75, 3.05) is 0 Å². The fourth-order valence-electron chi connectivity index (χ4n) is 1.97. The monoisotopic (exact) mass is 296 g/mol. The molecule has 0 radical (unpaired) electrons. The first-order chi connectivity index (χ1) is 9.60. The predicted octanol–water partition coefficient (Wildman–Crippen LogP) is 3.70. The second-order valence-electron chi connectivity index (χ2n) is 4.76. The van der Waals surface area contributed by atoms with Crippen LogP contribution in [0.25, 0.3) is 0 Å². The molecule has 1 N–H and O–H groups in total. The zero-order valence-corrected chi connectivity index (χ0v) is 12.4. The Morgan fingerprint density at radius 2 is 2.00 bits per heavy atom. The van der Waals surface area contributed by atoms with E-state index in [-0.39, 0.29) is 11.6 Å². The third-order valence-electron chi connectivity index (χ3n) is 3.10. The molecule has 0 saturated carbocycles. The van der Waals surface area contributed by atoms with Crippen molar-refractivity contribution in [3.05, 3.63) is 51.5 Å². The van der Waals surface area contributed by atoms with E-state index in [9.17, 15) is 8.78 Å². The van der Waals surface area contributed by atoms with Gasteiger partial charge in [0.2, 0.25) is 0 Å². The van der Waals surface area contributed by atoms with Crippen LogP contribution >= 0.6 is 11.3 Å². The average Bonchev–Trinajstić information content (AvgIpc) is 2.89. The molecule has 1 unspecified atom stereocenters. The topological polar surface area (TPSA) is 24.9 Å². The summed E-state index contributed by atoms with van der Waals surface area (Å²) in [4.78, 5) is 5.42. The zero-order valence-electron chi connectivity index (χ0n) is 11.6. The Labute approximate surface area is 121 Å². The van der Waals surface area contributed by atoms with Gasteiger partial charge in [0.15, 0.2) is 0 Å². The standard InChI is InChI=1S/C15H18F2N2S/c1-3-15-19-9-11(20-15)8-18-10(2)7-12-13(16)5-4-6-14(12)17/h4-6,9-10,18H,3,7-8H2,1-2H3. The van der Waals surface area contributed by atoms with Crippen LogP contribution in [-0.4, -0.2) is 11.0 Å². The molecule has 1 heterocycles. The molecule has 0 spiro atoms. The van der Waals surface area contributed by atoms with E-state index < -0.39 is 11.6 Å². The minimum absolute atomic E-state index is 0.00595. The van der Waals surface area contributed by atoms with E-state index in [1.54, 1.807) is 11.3 Å². The van der Waals surface area contributed by atoms with Gasteiger partial charge in [-0.1, -0.05) is 13.0 Å². The molecule has 1 aromatic heterocycles. The van der Waals surface area contributed by atoms with E-state index in [1.165, 1.54) is 18.2 Å². The molecule has 20 heavy (non-hydrogen) atoms. The van der Waals surface area contributed by atoms with Crippen LogP contribution in [-0.2, 0) is 19.4 Å². The second-order valence-corrected chi connectivity index (χ2v) is 5.96. The lowest BCUT2D eigenvalue weighted by atomic mass is 10.1. The normalized spacial score (nSPS) is 12.6. The molecule has 5 heteroatoms. The van der Waals surface area contributed by atoms with Gasteiger partial charge in [-0.2, -0.15) is 0 Å². The molecular weight excluding hydrogens is 278 g/mol. The molecule has 0 aliphatic rings. The van der Waals surface area contributed by atoms with E-state index >= 15 is 0 Å². The van der Waals surface area contributed by atoms with E-state index in [0.717, 1.165) is 16.3 Å². The summed E-state index contributed by atoms with van der Waals surface area (Å²) in [6, 6.07) is 3.97. The number of hydrogen-bond donors (Lipinski definition) is 1. The van der Waals surface area contributed by atoms with Crippen molar-refractivity contribution in [1.82, 2.24) is 10.3 Å². The lowest BCUT2D eigenvalue weighted by Crippen LogP contribution is -2.28. The number of rotatable bonds is 6. The van der Waals surface area contributed by atoms with Gasteiger partial charge >= 0.3 is 0 Å². The van der Waals surface area contributed by atoms with Crippen molar-refractivity contribution in [1.29, 1.82) is 0 Å². The first-order valence-electron chi connectivity index (χ1n) is 6.70. The third kappa shape index (κ3) is 3.84. The molecule has 0 saturated heterocycles. The maximum Gasteiger partial charge on any atom is 0.129 e. The average molecular weight is 296 g/mol. The van der Waals surface area contributed by atoms with Crippen molar-refractivity contribution in [2.24, 2.45) is 0 Å². The van der Waals surface area contributed by atoms with E-state index in [1.807, 2.05) is 13.1 Å². The smallest absolute Gasteiger partial charge is 0.129 e. The number of benzene rings is 1. The Hall–Kier alpha value is -1.33. The SMILES string of the molecule is CCc1ncc(CNC(C)Cc2c(F)cccc2F)s1. The summed E-state index contributed by atoms with van der Waals surface area (Å²) in [6.45, 7) is 4.67. The van der Waals surface area contributed by atoms with E-state index in [0.29, 0.717) is 13.0 Å². The molecular formula is C15H18F2N2S. The van der Waals surface area contributed by atoms with Crippen LogP contribution in [0.15, 0.2) is 24.4 Å². The molecule has 2 nitrogen and oxygen atoms in total. The Morgan fingerprint density at radius 1 is 1.30 bits per heavy atom. The van der Waals surface area contributed by atoms with Crippen molar-refractivity contribution < 1.29 is 8.78 Å². The molecule has 2 rings (SSSR count). The first-order valence-corrected chi connectivity index (χ1v) is 7.51. The van der Waals surface area contributed by atoms with Crippen LogP contribution in [0.2, 0.25) is 0 Å². The highest BCUT2D eigenvalue weighted by molar-refractivity contribution is 7.11. The van der Waals surface area contributed by atoms with Crippen molar-refractivity contribution >= 4 is 11.3 Å². The highest BCUT2D eigenvalue weighted by atomic mass is 32.1. The lowest BCUT2D eigenvalue weighted by molar-refractivity contribution is 0.500. The number of nitrogens with zero attached hydrogens (tertiary/aromatic N) is 1. The van der Waals surface area contributed by atoms with E-state index in [4.69, 9.17) is 0 Å². The summed E-state index contributed by atoms with van der Waals surface area (Å²) in [6.07, 6.45) is 3.12. The Kier molecular flexibility index (Phi) is 5.20. The predicted molar refractivity (Wildman–Crippen MR) is 77.9 cm³/mol. The number of nitrogens with one attached hydrogen (secondary N) is 1. The summed E-state index contributed by atoms with van der Waals surface area (Å²) in [5.41, 5.74) is 0.144. The Bertz CT molecular complexity index is 549. The number of aryl methyl sites for hydroxylation is 1. The molecule has 0 bridgehead atoms. The van der Waals surface area contributed by atoms with Crippen LogP contribution < -0.4 is 5.32 Å². The van der Waals surface area contributed by atoms with Crippen molar-refractivity contribution in [3.63, 3.8) is 0 Å². The van der Waals surface area contributed by atoms with Gasteiger partial charge in [0.25, 0.3) is 0 Å². The number of halogens is 2. The summed E-state index contributed by atoms with van der Waals surface area (Å²) in [7, 11) is 0. The molecule has 0 fully saturated rings. The molecule has 0 aliphatic heterocycles. The largest absolute Gasteiger partial charge is 0.309 e. The fraction of sp³-hybridized carbons (Fsp3) is 0.400. The zero-order chi connectivity index (χ0) is 14.5. The maximum absolute atomic E-state index is 13.5. The summed E-state index contributed by atoms with van der Waals surface area (Å²) in [5.74, 6) is -0.964. The molecule has 0 amide bonds. The lowest BCUT2D eigenvalue weighted by Gasteiger charge is -2.14. The van der Waals surface area contributed by atoms with Gasteiger partial charge in [-0.25, -0.2) is 13.8 Å². The van der Waals surface area contributed by atoms with Crippen LogP contribution in [0.5, 0.6) is 0 Å². The van der Waals surface area contributed by atoms with Gasteiger partial charge in [0.05, 0.1) is 5.01 Å². The number of aromatic nitrogens is 1. The van der Waals surface area contributed by atoms with Crippen molar-refractivity contribution in [2.45, 2.75) is 39.3 Å². The van der Waals surface area contributed by atoms with Gasteiger partial charge in [0, 0.05) is 29.2 Å². The minimum atomic E-state index is -0.482. The Balaban J connectivity index is 1.90. The van der Waals surface area contributed by atoms with Crippen LogP contribution in [0, 0.1) is 11.6 Å². The fourth-order valence-corrected chi connectivity index (χ4v) is 2.79. The molecule has 1 aromatic carbocycles.